The maximum Gasteiger partial charge on any atom is 0.227 e. The molecule has 2 N–H and O–H groups in total. The van der Waals surface area contributed by atoms with E-state index < -0.39 is 5.41 Å². The first-order chi connectivity index (χ1) is 10.8. The van der Waals surface area contributed by atoms with Gasteiger partial charge in [-0.2, -0.15) is 0 Å². The molecule has 1 amide bonds. The molecule has 1 rings (SSSR count). The van der Waals surface area contributed by atoms with Crippen LogP contribution in [0.3, 0.4) is 0 Å². The van der Waals surface area contributed by atoms with E-state index >= 15 is 0 Å². The van der Waals surface area contributed by atoms with Crippen LogP contribution < -0.4 is 10.6 Å². The average molecular weight is 511 g/mol. The molecule has 0 spiro atoms. The standard InChI is InChI=1S/C17H27BrN4O.HI/c1-6-20-15(23)17(2,3)12-21-16(19-4)22(5)11-13-7-9-14(18)10-8-13;/h7-10H,6,11-12H2,1-5H3,(H,19,21)(H,20,23);1H. The van der Waals surface area contributed by atoms with Crippen LogP contribution in [0.1, 0.15) is 26.3 Å². The van der Waals surface area contributed by atoms with Crippen LogP contribution in [0.15, 0.2) is 33.7 Å². The van der Waals surface area contributed by atoms with Crippen molar-refractivity contribution >= 4 is 51.8 Å². The SMILES string of the molecule is CCNC(=O)C(C)(C)CNC(=NC)N(C)Cc1ccc(Br)cc1.I. The number of amides is 1. The molecule has 0 aliphatic rings. The Morgan fingerprint density at radius 2 is 1.83 bits per heavy atom. The van der Waals surface area contributed by atoms with Gasteiger partial charge in [0.25, 0.3) is 0 Å². The highest BCUT2D eigenvalue weighted by Crippen LogP contribution is 2.14. The molecule has 0 aliphatic carbocycles. The number of aliphatic imine (C=N–C) groups is 1. The van der Waals surface area contributed by atoms with Crippen molar-refractivity contribution in [3.63, 3.8) is 0 Å². The van der Waals surface area contributed by atoms with Crippen LogP contribution in [-0.2, 0) is 11.3 Å². The topological polar surface area (TPSA) is 56.7 Å². The van der Waals surface area contributed by atoms with Crippen LogP contribution in [0.4, 0.5) is 0 Å². The lowest BCUT2D eigenvalue weighted by molar-refractivity contribution is -0.128. The van der Waals surface area contributed by atoms with E-state index in [1.165, 1.54) is 5.56 Å². The molecule has 5 nitrogen and oxygen atoms in total. The number of benzene rings is 1. The number of halogens is 2. The monoisotopic (exact) mass is 510 g/mol. The van der Waals surface area contributed by atoms with Crippen LogP contribution in [0.2, 0.25) is 0 Å². The first-order valence-corrected chi connectivity index (χ1v) is 8.54. The summed E-state index contributed by atoms with van der Waals surface area (Å²) < 4.78 is 1.06. The molecule has 0 saturated carbocycles. The Morgan fingerprint density at radius 3 is 2.33 bits per heavy atom. The summed E-state index contributed by atoms with van der Waals surface area (Å²) in [6.07, 6.45) is 0. The molecule has 1 aromatic rings. The Morgan fingerprint density at radius 1 is 1.25 bits per heavy atom. The van der Waals surface area contributed by atoms with Gasteiger partial charge < -0.3 is 15.5 Å². The molecule has 0 heterocycles. The molecule has 7 heteroatoms. The molecular formula is C17H28BrIN4O. The summed E-state index contributed by atoms with van der Waals surface area (Å²) in [6, 6.07) is 8.20. The van der Waals surface area contributed by atoms with Crippen LogP contribution in [-0.4, -0.2) is 44.0 Å². The van der Waals surface area contributed by atoms with Gasteiger partial charge in [0.05, 0.1) is 5.41 Å². The van der Waals surface area contributed by atoms with E-state index in [0.717, 1.165) is 17.0 Å². The fourth-order valence-corrected chi connectivity index (χ4v) is 2.37. The summed E-state index contributed by atoms with van der Waals surface area (Å²) in [7, 11) is 3.73. The molecule has 0 bridgehead atoms. The molecule has 0 aromatic heterocycles. The molecule has 0 radical (unpaired) electrons. The summed E-state index contributed by atoms with van der Waals surface area (Å²) in [4.78, 5) is 18.4. The van der Waals surface area contributed by atoms with Gasteiger partial charge in [0, 0.05) is 38.2 Å². The smallest absolute Gasteiger partial charge is 0.227 e. The number of guanidine groups is 1. The molecule has 0 unspecified atom stereocenters. The number of hydrogen-bond acceptors (Lipinski definition) is 2. The second-order valence-corrected chi connectivity index (χ2v) is 7.04. The number of carbonyl (C=O) groups excluding carboxylic acids is 1. The van der Waals surface area contributed by atoms with E-state index in [4.69, 9.17) is 0 Å². The summed E-state index contributed by atoms with van der Waals surface area (Å²) >= 11 is 3.44. The lowest BCUT2D eigenvalue weighted by Gasteiger charge is -2.28. The molecule has 0 fully saturated rings. The van der Waals surface area contributed by atoms with Crippen molar-refractivity contribution in [3.05, 3.63) is 34.3 Å². The molecule has 0 aliphatic heterocycles. The van der Waals surface area contributed by atoms with Crippen molar-refractivity contribution in [1.82, 2.24) is 15.5 Å². The Kier molecular flexibility index (Phi) is 10.5. The molecule has 24 heavy (non-hydrogen) atoms. The number of carbonyl (C=O) groups is 1. The highest BCUT2D eigenvalue weighted by Gasteiger charge is 2.27. The largest absolute Gasteiger partial charge is 0.356 e. The first-order valence-electron chi connectivity index (χ1n) is 7.74. The van der Waals surface area contributed by atoms with Gasteiger partial charge in [0.1, 0.15) is 0 Å². The van der Waals surface area contributed by atoms with Crippen LogP contribution >= 0.6 is 39.9 Å². The Labute approximate surface area is 170 Å². The van der Waals surface area contributed by atoms with Gasteiger partial charge in [-0.15, -0.1) is 24.0 Å². The molecule has 1 aromatic carbocycles. The lowest BCUT2D eigenvalue weighted by atomic mass is 9.92. The van der Waals surface area contributed by atoms with E-state index in [1.54, 1.807) is 7.05 Å². The van der Waals surface area contributed by atoms with Crippen LogP contribution in [0.25, 0.3) is 0 Å². The summed E-state index contributed by atoms with van der Waals surface area (Å²) in [6.45, 7) is 7.68. The fraction of sp³-hybridized carbons (Fsp3) is 0.529. The molecule has 136 valence electrons. The fourth-order valence-electron chi connectivity index (χ4n) is 2.10. The normalized spacial score (nSPS) is 11.5. The van der Waals surface area contributed by atoms with E-state index in [-0.39, 0.29) is 29.9 Å². The third-order valence-electron chi connectivity index (χ3n) is 3.55. The second-order valence-electron chi connectivity index (χ2n) is 6.13. The molecule has 0 saturated heterocycles. The first kappa shape index (κ1) is 23.2. The number of hydrogen-bond donors (Lipinski definition) is 2. The number of nitrogens with zero attached hydrogens (tertiary/aromatic N) is 2. The van der Waals surface area contributed by atoms with E-state index in [0.29, 0.717) is 13.1 Å². The highest BCUT2D eigenvalue weighted by molar-refractivity contribution is 14.0. The van der Waals surface area contributed by atoms with Crippen molar-refractivity contribution in [2.75, 3.05) is 27.2 Å². The zero-order valence-electron chi connectivity index (χ0n) is 15.0. The van der Waals surface area contributed by atoms with E-state index in [9.17, 15) is 4.79 Å². The minimum absolute atomic E-state index is 0. The quantitative estimate of drug-likeness (QED) is 0.351. The maximum atomic E-state index is 12.0. The Hall–Kier alpha value is -0.830. The summed E-state index contributed by atoms with van der Waals surface area (Å²) in [5.41, 5.74) is 0.700. The predicted molar refractivity (Wildman–Crippen MR) is 115 cm³/mol. The minimum Gasteiger partial charge on any atom is -0.356 e. The third-order valence-corrected chi connectivity index (χ3v) is 4.08. The van der Waals surface area contributed by atoms with Crippen molar-refractivity contribution in [1.29, 1.82) is 0 Å². The van der Waals surface area contributed by atoms with Gasteiger partial charge in [-0.25, -0.2) is 0 Å². The van der Waals surface area contributed by atoms with E-state index in [1.807, 2.05) is 44.9 Å². The number of rotatable bonds is 6. The molecular weight excluding hydrogens is 483 g/mol. The van der Waals surface area contributed by atoms with Gasteiger partial charge in [-0.1, -0.05) is 28.1 Å². The summed E-state index contributed by atoms with van der Waals surface area (Å²) in [5.74, 6) is 0.809. The predicted octanol–water partition coefficient (Wildman–Crippen LogP) is 3.24. The van der Waals surface area contributed by atoms with Crippen molar-refractivity contribution in [3.8, 4) is 0 Å². The second kappa shape index (κ2) is 10.9. The van der Waals surface area contributed by atoms with Crippen molar-refractivity contribution < 1.29 is 4.79 Å². The summed E-state index contributed by atoms with van der Waals surface area (Å²) in [5, 5.41) is 6.15. The van der Waals surface area contributed by atoms with Gasteiger partial charge >= 0.3 is 0 Å². The third kappa shape index (κ3) is 7.38. The van der Waals surface area contributed by atoms with Crippen molar-refractivity contribution in [2.24, 2.45) is 10.4 Å². The maximum absolute atomic E-state index is 12.0. The minimum atomic E-state index is -0.496. The van der Waals surface area contributed by atoms with E-state index in [2.05, 4.69) is 43.7 Å². The van der Waals surface area contributed by atoms with Gasteiger partial charge in [0.15, 0.2) is 5.96 Å². The molecule has 0 atom stereocenters. The Balaban J connectivity index is 0.00000529. The lowest BCUT2D eigenvalue weighted by Crippen LogP contribution is -2.48. The van der Waals surface area contributed by atoms with Gasteiger partial charge in [-0.05, 0) is 38.5 Å². The van der Waals surface area contributed by atoms with Crippen LogP contribution in [0, 0.1) is 5.41 Å². The highest BCUT2D eigenvalue weighted by atomic mass is 127. The zero-order valence-corrected chi connectivity index (χ0v) is 18.9. The van der Waals surface area contributed by atoms with Gasteiger partial charge in [-0.3, -0.25) is 9.79 Å². The number of nitrogens with one attached hydrogen (secondary N) is 2. The van der Waals surface area contributed by atoms with Crippen LogP contribution in [0.5, 0.6) is 0 Å². The van der Waals surface area contributed by atoms with Gasteiger partial charge in [0.2, 0.25) is 5.91 Å². The Bertz CT molecular complexity index is 546. The van der Waals surface area contributed by atoms with Crippen molar-refractivity contribution in [2.45, 2.75) is 27.3 Å². The zero-order chi connectivity index (χ0) is 17.5. The average Bonchev–Trinajstić information content (AvgIpc) is 2.50.